The van der Waals surface area contributed by atoms with Crippen molar-refractivity contribution in [1.29, 1.82) is 0 Å². The number of thiazole rings is 1. The third-order valence-corrected chi connectivity index (χ3v) is 8.56. The Morgan fingerprint density at radius 2 is 1.59 bits per heavy atom. The van der Waals surface area contributed by atoms with Crippen LogP contribution in [0, 0.1) is 0 Å². The number of halogens is 1. The molecule has 0 atom stereocenters. The molecule has 0 unspecified atom stereocenters. The molecule has 196 valence electrons. The van der Waals surface area contributed by atoms with Gasteiger partial charge in [0.1, 0.15) is 11.3 Å². The summed E-state index contributed by atoms with van der Waals surface area (Å²) >= 11 is 1.41. The van der Waals surface area contributed by atoms with E-state index in [-0.39, 0.29) is 23.2 Å². The smallest absolute Gasteiger partial charge is 0.264 e. The first kappa shape index (κ1) is 28.4. The lowest BCUT2D eigenvalue weighted by molar-refractivity contribution is 0.0985. The predicted octanol–water partition coefficient (Wildman–Crippen LogP) is 4.76. The van der Waals surface area contributed by atoms with Crippen LogP contribution >= 0.6 is 23.7 Å². The highest BCUT2D eigenvalue weighted by Gasteiger charge is 2.25. The Bertz CT molecular complexity index is 1460. The number of ether oxygens (including phenoxy) is 1. The van der Waals surface area contributed by atoms with E-state index in [0.717, 1.165) is 4.70 Å². The molecule has 0 fully saturated rings. The number of sulfonamides is 1. The van der Waals surface area contributed by atoms with Crippen molar-refractivity contribution in [3.63, 3.8) is 0 Å². The second-order valence-corrected chi connectivity index (χ2v) is 11.4. The third-order valence-electron chi connectivity index (χ3n) is 5.72. The van der Waals surface area contributed by atoms with Crippen molar-refractivity contribution in [2.24, 2.45) is 0 Å². The largest absolute Gasteiger partial charge is 0.494 e. The zero-order chi connectivity index (χ0) is 25.9. The summed E-state index contributed by atoms with van der Waals surface area (Å²) in [5, 5.41) is 0.557. The number of anilines is 2. The van der Waals surface area contributed by atoms with E-state index in [9.17, 15) is 13.2 Å². The van der Waals surface area contributed by atoms with E-state index in [1.807, 2.05) is 43.3 Å². The average Bonchev–Trinajstić information content (AvgIpc) is 3.32. The van der Waals surface area contributed by atoms with E-state index in [1.54, 1.807) is 48.4 Å². The summed E-state index contributed by atoms with van der Waals surface area (Å²) < 4.78 is 33.8. The van der Waals surface area contributed by atoms with Crippen LogP contribution in [-0.2, 0) is 10.0 Å². The molecule has 0 aliphatic carbocycles. The molecule has 1 aromatic heterocycles. The lowest BCUT2D eigenvalue weighted by Gasteiger charge is -2.22. The number of benzene rings is 3. The summed E-state index contributed by atoms with van der Waals surface area (Å²) in [6, 6.07) is 20.5. The average molecular weight is 561 g/mol. The van der Waals surface area contributed by atoms with Crippen LogP contribution in [0.5, 0.6) is 5.75 Å². The Balaban J connectivity index is 0.00000380. The summed E-state index contributed by atoms with van der Waals surface area (Å²) in [4.78, 5) is 22.0. The van der Waals surface area contributed by atoms with Crippen LogP contribution in [-0.4, -0.2) is 65.6 Å². The van der Waals surface area contributed by atoms with E-state index < -0.39 is 10.0 Å². The fraction of sp³-hybridized carbons (Fsp3) is 0.231. The lowest BCUT2D eigenvalue weighted by atomic mass is 10.2. The topological polar surface area (TPSA) is 83.0 Å². The molecule has 0 aliphatic rings. The van der Waals surface area contributed by atoms with Crippen LogP contribution in [0.3, 0.4) is 0 Å². The number of nitrogens with zero attached hydrogens (tertiary/aromatic N) is 4. The van der Waals surface area contributed by atoms with Crippen molar-refractivity contribution in [3.8, 4) is 5.75 Å². The predicted molar refractivity (Wildman–Crippen MR) is 152 cm³/mol. The van der Waals surface area contributed by atoms with E-state index in [0.29, 0.717) is 40.7 Å². The van der Waals surface area contributed by atoms with E-state index in [2.05, 4.69) is 0 Å². The number of amides is 1. The fourth-order valence-corrected chi connectivity index (χ4v) is 5.84. The van der Waals surface area contributed by atoms with Gasteiger partial charge in [0, 0.05) is 25.7 Å². The van der Waals surface area contributed by atoms with Crippen LogP contribution in [0.25, 0.3) is 10.2 Å². The molecule has 8 nitrogen and oxygen atoms in total. The number of likely N-dealkylation sites (N-methyl/N-ethyl adjacent to an activating group) is 1. The maximum absolute atomic E-state index is 13.6. The zero-order valence-electron chi connectivity index (χ0n) is 21.0. The second-order valence-electron chi connectivity index (χ2n) is 8.40. The Morgan fingerprint density at radius 1 is 0.919 bits per heavy atom. The van der Waals surface area contributed by atoms with Gasteiger partial charge in [-0.2, -0.15) is 0 Å². The molecule has 0 saturated carbocycles. The van der Waals surface area contributed by atoms with E-state index in [1.165, 1.54) is 34.8 Å². The van der Waals surface area contributed by atoms with Crippen molar-refractivity contribution >= 4 is 60.7 Å². The minimum Gasteiger partial charge on any atom is -0.494 e. The highest BCUT2D eigenvalue weighted by atomic mass is 35.5. The molecule has 0 radical (unpaired) electrons. The van der Waals surface area contributed by atoms with Gasteiger partial charge in [0.2, 0.25) is 0 Å². The number of carbonyl (C=O) groups excluding carboxylic acids is 1. The van der Waals surface area contributed by atoms with Crippen molar-refractivity contribution in [2.45, 2.75) is 4.90 Å². The van der Waals surface area contributed by atoms with Gasteiger partial charge < -0.3 is 9.64 Å². The maximum Gasteiger partial charge on any atom is 0.264 e. The van der Waals surface area contributed by atoms with Crippen LogP contribution in [0.4, 0.5) is 10.8 Å². The summed E-state index contributed by atoms with van der Waals surface area (Å²) in [5.41, 5.74) is 1.63. The minimum absolute atomic E-state index is 0. The number of hydrogen-bond acceptors (Lipinski definition) is 7. The lowest BCUT2D eigenvalue weighted by Crippen LogP contribution is -2.36. The summed E-state index contributed by atoms with van der Waals surface area (Å²) in [5.74, 6) is 0.391. The molecule has 1 amide bonds. The van der Waals surface area contributed by atoms with Crippen LogP contribution < -0.4 is 13.9 Å². The molecular weight excluding hydrogens is 532 g/mol. The Morgan fingerprint density at radius 3 is 2.22 bits per heavy atom. The van der Waals surface area contributed by atoms with Crippen molar-refractivity contribution in [3.05, 3.63) is 78.4 Å². The Labute approximate surface area is 227 Å². The number of aromatic nitrogens is 1. The quantitative estimate of drug-likeness (QED) is 0.293. The van der Waals surface area contributed by atoms with Gasteiger partial charge in [-0.15, -0.1) is 12.4 Å². The normalized spacial score (nSPS) is 11.3. The molecule has 4 aromatic rings. The van der Waals surface area contributed by atoms with Gasteiger partial charge in [-0.3, -0.25) is 14.0 Å². The van der Waals surface area contributed by atoms with Gasteiger partial charge in [-0.25, -0.2) is 13.4 Å². The molecular formula is C26H29ClN4O4S2. The molecule has 0 spiro atoms. The molecule has 11 heteroatoms. The monoisotopic (exact) mass is 560 g/mol. The van der Waals surface area contributed by atoms with Gasteiger partial charge in [-0.05, 0) is 62.6 Å². The zero-order valence-corrected chi connectivity index (χ0v) is 23.4. The number of fused-ring (bicyclic) bond motifs is 1. The van der Waals surface area contributed by atoms with Gasteiger partial charge in [0.15, 0.2) is 5.13 Å². The highest BCUT2D eigenvalue weighted by Crippen LogP contribution is 2.34. The maximum atomic E-state index is 13.6. The first-order chi connectivity index (χ1) is 17.2. The standard InChI is InChI=1S/C26H28N4O4S2.ClH/c1-28(2)17-18-30(26-27-24-22(34-4)11-8-12-23(24)35-26)25(31)19-13-15-21(16-14-19)36(32,33)29(3)20-9-6-5-7-10-20;/h5-16H,17-18H2,1-4H3;1H. The Kier molecular flexibility index (Phi) is 9.14. The Hall–Kier alpha value is -3.18. The molecule has 3 aromatic carbocycles. The molecule has 4 rings (SSSR count). The van der Waals surface area contributed by atoms with E-state index in [4.69, 9.17) is 9.72 Å². The first-order valence-corrected chi connectivity index (χ1v) is 13.5. The third kappa shape index (κ3) is 6.04. The number of hydrogen-bond donors (Lipinski definition) is 0. The summed E-state index contributed by atoms with van der Waals surface area (Å²) in [6.07, 6.45) is 0. The second kappa shape index (κ2) is 11.9. The van der Waals surface area contributed by atoms with Gasteiger partial charge in [-0.1, -0.05) is 35.6 Å². The highest BCUT2D eigenvalue weighted by molar-refractivity contribution is 7.92. The SMILES string of the molecule is COc1cccc2sc(N(CCN(C)C)C(=O)c3ccc(S(=O)(=O)N(C)c4ccccc4)cc3)nc12.Cl. The molecule has 37 heavy (non-hydrogen) atoms. The van der Waals surface area contributed by atoms with Crippen LogP contribution in [0.2, 0.25) is 0 Å². The number of carbonyl (C=O) groups is 1. The van der Waals surface area contributed by atoms with Crippen LogP contribution in [0.1, 0.15) is 10.4 Å². The summed E-state index contributed by atoms with van der Waals surface area (Å²) in [7, 11) is 3.20. The van der Waals surface area contributed by atoms with Crippen molar-refractivity contribution in [1.82, 2.24) is 9.88 Å². The van der Waals surface area contributed by atoms with Crippen molar-refractivity contribution in [2.75, 3.05) is 50.5 Å². The molecule has 1 heterocycles. The fourth-order valence-electron chi connectivity index (χ4n) is 3.64. The van der Waals surface area contributed by atoms with Gasteiger partial charge in [0.05, 0.1) is 22.4 Å². The number of para-hydroxylation sites is 2. The molecule has 0 saturated heterocycles. The molecule has 0 aliphatic heterocycles. The first-order valence-electron chi connectivity index (χ1n) is 11.3. The minimum atomic E-state index is -3.78. The number of rotatable bonds is 9. The molecule has 0 N–H and O–H groups in total. The summed E-state index contributed by atoms with van der Waals surface area (Å²) in [6.45, 7) is 1.05. The molecule has 0 bridgehead atoms. The van der Waals surface area contributed by atoms with Crippen molar-refractivity contribution < 1.29 is 17.9 Å². The van der Waals surface area contributed by atoms with E-state index >= 15 is 0 Å². The number of methoxy groups -OCH3 is 1. The van der Waals surface area contributed by atoms with Crippen LogP contribution in [0.15, 0.2) is 77.7 Å². The van der Waals surface area contributed by atoms with Gasteiger partial charge in [0.25, 0.3) is 15.9 Å². The van der Waals surface area contributed by atoms with Gasteiger partial charge >= 0.3 is 0 Å².